The SMILES string of the molecule is O=C1CCC(Nc2nc3ccccn3c2C(=O)O)CN1. The van der Waals surface area contributed by atoms with Crippen molar-refractivity contribution in [3.05, 3.63) is 30.1 Å². The molecule has 0 bridgehead atoms. The predicted octanol–water partition coefficient (Wildman–Crippen LogP) is 0.723. The molecule has 20 heavy (non-hydrogen) atoms. The summed E-state index contributed by atoms with van der Waals surface area (Å²) in [6, 6.07) is 5.31. The van der Waals surface area contributed by atoms with Crippen molar-refractivity contribution >= 4 is 23.3 Å². The van der Waals surface area contributed by atoms with E-state index in [4.69, 9.17) is 0 Å². The minimum Gasteiger partial charge on any atom is -0.476 e. The minimum absolute atomic E-state index is 0.00397. The van der Waals surface area contributed by atoms with Crippen molar-refractivity contribution in [1.82, 2.24) is 14.7 Å². The van der Waals surface area contributed by atoms with Gasteiger partial charge in [0.05, 0.1) is 0 Å². The smallest absolute Gasteiger partial charge is 0.356 e. The predicted molar refractivity (Wildman–Crippen MR) is 71.8 cm³/mol. The van der Waals surface area contributed by atoms with Gasteiger partial charge >= 0.3 is 5.97 Å². The summed E-state index contributed by atoms with van der Waals surface area (Å²) in [6.45, 7) is 0.478. The molecule has 1 aliphatic heterocycles. The lowest BCUT2D eigenvalue weighted by atomic mass is 10.1. The summed E-state index contributed by atoms with van der Waals surface area (Å²) in [5.74, 6) is -0.674. The standard InChI is InChI=1S/C13H14N4O3/c18-10-5-4-8(7-14-10)15-12-11(13(19)20)17-6-2-1-3-9(17)16-12/h1-3,6,8,15H,4-5,7H2,(H,14,18)(H,19,20). The van der Waals surface area contributed by atoms with E-state index in [0.717, 1.165) is 0 Å². The van der Waals surface area contributed by atoms with E-state index >= 15 is 0 Å². The van der Waals surface area contributed by atoms with Gasteiger partial charge in [0.2, 0.25) is 5.91 Å². The summed E-state index contributed by atoms with van der Waals surface area (Å²) >= 11 is 0. The Kier molecular flexibility index (Phi) is 3.02. The fourth-order valence-corrected chi connectivity index (χ4v) is 2.35. The molecule has 104 valence electrons. The number of nitrogens with zero attached hydrogens (tertiary/aromatic N) is 2. The lowest BCUT2D eigenvalue weighted by Gasteiger charge is -2.23. The molecular formula is C13H14N4O3. The van der Waals surface area contributed by atoms with Gasteiger partial charge < -0.3 is 15.7 Å². The van der Waals surface area contributed by atoms with Crippen LogP contribution >= 0.6 is 0 Å². The van der Waals surface area contributed by atoms with E-state index in [0.29, 0.717) is 30.9 Å². The molecule has 1 atom stereocenters. The number of imidazole rings is 1. The minimum atomic E-state index is -1.04. The van der Waals surface area contributed by atoms with Crippen molar-refractivity contribution in [2.45, 2.75) is 18.9 Å². The number of piperidine rings is 1. The number of nitrogens with one attached hydrogen (secondary N) is 2. The van der Waals surface area contributed by atoms with Crippen molar-refractivity contribution < 1.29 is 14.7 Å². The second-order valence-electron chi connectivity index (χ2n) is 4.73. The van der Waals surface area contributed by atoms with Crippen molar-refractivity contribution in [3.8, 4) is 0 Å². The third kappa shape index (κ3) is 2.18. The maximum Gasteiger partial charge on any atom is 0.356 e. The van der Waals surface area contributed by atoms with Gasteiger partial charge in [-0.1, -0.05) is 6.07 Å². The summed E-state index contributed by atoms with van der Waals surface area (Å²) in [4.78, 5) is 26.8. The Morgan fingerprint density at radius 1 is 1.50 bits per heavy atom. The van der Waals surface area contributed by atoms with Crippen molar-refractivity contribution in [3.63, 3.8) is 0 Å². The molecule has 1 saturated heterocycles. The average Bonchev–Trinajstić information content (AvgIpc) is 2.79. The summed E-state index contributed by atoms with van der Waals surface area (Å²) < 4.78 is 1.53. The maximum atomic E-state index is 11.4. The average molecular weight is 274 g/mol. The monoisotopic (exact) mass is 274 g/mol. The van der Waals surface area contributed by atoms with Gasteiger partial charge in [-0.05, 0) is 18.6 Å². The number of anilines is 1. The Bertz CT molecular complexity index is 669. The number of hydrogen-bond donors (Lipinski definition) is 3. The van der Waals surface area contributed by atoms with Crippen LogP contribution in [0.3, 0.4) is 0 Å². The Balaban J connectivity index is 1.92. The topological polar surface area (TPSA) is 95.7 Å². The molecule has 0 aliphatic carbocycles. The van der Waals surface area contributed by atoms with Crippen LogP contribution in [0.4, 0.5) is 5.82 Å². The van der Waals surface area contributed by atoms with E-state index < -0.39 is 5.97 Å². The molecule has 1 aliphatic rings. The van der Waals surface area contributed by atoms with Crippen LogP contribution < -0.4 is 10.6 Å². The normalized spacial score (nSPS) is 18.8. The van der Waals surface area contributed by atoms with Crippen LogP contribution in [0.5, 0.6) is 0 Å². The zero-order valence-corrected chi connectivity index (χ0v) is 10.7. The highest BCUT2D eigenvalue weighted by atomic mass is 16.4. The Labute approximate surface area is 114 Å². The molecule has 2 aromatic heterocycles. The highest BCUT2D eigenvalue weighted by molar-refractivity contribution is 5.93. The summed E-state index contributed by atoms with van der Waals surface area (Å²) in [5, 5.41) is 15.2. The molecule has 7 nitrogen and oxygen atoms in total. The third-order valence-electron chi connectivity index (χ3n) is 3.34. The molecular weight excluding hydrogens is 260 g/mol. The molecule has 3 heterocycles. The number of fused-ring (bicyclic) bond motifs is 1. The summed E-state index contributed by atoms with van der Waals surface area (Å²) in [6.07, 6.45) is 2.77. The Hall–Kier alpha value is -2.57. The number of rotatable bonds is 3. The van der Waals surface area contributed by atoms with Crippen LogP contribution in [0.1, 0.15) is 23.3 Å². The van der Waals surface area contributed by atoms with Gasteiger partial charge in [0.25, 0.3) is 0 Å². The number of carboxylic acid groups (broad SMARTS) is 1. The fourth-order valence-electron chi connectivity index (χ4n) is 2.35. The van der Waals surface area contributed by atoms with Crippen LogP contribution in [0.15, 0.2) is 24.4 Å². The van der Waals surface area contributed by atoms with Crippen molar-refractivity contribution in [1.29, 1.82) is 0 Å². The highest BCUT2D eigenvalue weighted by Gasteiger charge is 2.23. The van der Waals surface area contributed by atoms with E-state index in [1.807, 2.05) is 0 Å². The van der Waals surface area contributed by atoms with Gasteiger partial charge in [-0.15, -0.1) is 0 Å². The number of amides is 1. The van der Waals surface area contributed by atoms with Gasteiger partial charge in [0.1, 0.15) is 5.65 Å². The largest absolute Gasteiger partial charge is 0.476 e. The molecule has 0 aromatic carbocycles. The molecule has 7 heteroatoms. The van der Waals surface area contributed by atoms with Crippen LogP contribution in [0, 0.1) is 0 Å². The Morgan fingerprint density at radius 2 is 2.35 bits per heavy atom. The maximum absolute atomic E-state index is 11.4. The number of aromatic carboxylic acids is 1. The van der Waals surface area contributed by atoms with Gasteiger partial charge in [-0.3, -0.25) is 9.20 Å². The molecule has 1 unspecified atom stereocenters. The second-order valence-corrected chi connectivity index (χ2v) is 4.73. The number of carboxylic acids is 1. The molecule has 0 saturated carbocycles. The van der Waals surface area contributed by atoms with E-state index in [1.54, 1.807) is 24.4 Å². The quantitative estimate of drug-likeness (QED) is 0.766. The molecule has 1 amide bonds. The van der Waals surface area contributed by atoms with Gasteiger partial charge in [-0.2, -0.15) is 0 Å². The van der Waals surface area contributed by atoms with Crippen molar-refractivity contribution in [2.24, 2.45) is 0 Å². The van der Waals surface area contributed by atoms with E-state index in [1.165, 1.54) is 4.40 Å². The van der Waals surface area contributed by atoms with E-state index in [9.17, 15) is 14.7 Å². The molecule has 0 radical (unpaired) electrons. The van der Waals surface area contributed by atoms with Gasteiger partial charge in [0, 0.05) is 25.2 Å². The Morgan fingerprint density at radius 3 is 3.05 bits per heavy atom. The van der Waals surface area contributed by atoms with Crippen LogP contribution in [0.2, 0.25) is 0 Å². The number of aromatic nitrogens is 2. The van der Waals surface area contributed by atoms with Gasteiger partial charge in [-0.25, -0.2) is 9.78 Å². The first-order valence-electron chi connectivity index (χ1n) is 6.39. The first-order chi connectivity index (χ1) is 9.65. The lowest BCUT2D eigenvalue weighted by Crippen LogP contribution is -2.42. The fraction of sp³-hybridized carbons (Fsp3) is 0.308. The number of pyridine rings is 1. The lowest BCUT2D eigenvalue weighted by molar-refractivity contribution is -0.122. The molecule has 2 aromatic rings. The van der Waals surface area contributed by atoms with Crippen LogP contribution in [-0.4, -0.2) is 39.0 Å². The molecule has 3 rings (SSSR count). The summed E-state index contributed by atoms with van der Waals surface area (Å²) in [5.41, 5.74) is 0.685. The molecule has 0 spiro atoms. The number of hydrogen-bond acceptors (Lipinski definition) is 4. The van der Waals surface area contributed by atoms with E-state index in [-0.39, 0.29) is 17.6 Å². The zero-order valence-electron chi connectivity index (χ0n) is 10.7. The zero-order chi connectivity index (χ0) is 14.1. The number of carbonyl (C=O) groups excluding carboxylic acids is 1. The first-order valence-corrected chi connectivity index (χ1v) is 6.39. The van der Waals surface area contributed by atoms with Crippen LogP contribution in [0.25, 0.3) is 5.65 Å². The highest BCUT2D eigenvalue weighted by Crippen LogP contribution is 2.20. The van der Waals surface area contributed by atoms with Gasteiger partial charge in [0.15, 0.2) is 11.5 Å². The second kappa shape index (κ2) is 4.84. The molecule has 3 N–H and O–H groups in total. The van der Waals surface area contributed by atoms with Crippen molar-refractivity contribution in [2.75, 3.05) is 11.9 Å². The van der Waals surface area contributed by atoms with Crippen LogP contribution in [-0.2, 0) is 4.79 Å². The van der Waals surface area contributed by atoms with E-state index in [2.05, 4.69) is 15.6 Å². The number of carbonyl (C=O) groups is 2. The summed E-state index contributed by atoms with van der Waals surface area (Å²) in [7, 11) is 0. The molecule has 1 fully saturated rings. The first kappa shape index (κ1) is 12.5. The third-order valence-corrected chi connectivity index (χ3v) is 3.34.